The first-order chi connectivity index (χ1) is 12.2. The second-order valence-electron chi connectivity index (χ2n) is 6.73. The number of H-pyrrole nitrogens is 1. The minimum Gasteiger partial charge on any atom is -0.485 e. The second-order valence-corrected chi connectivity index (χ2v) is 6.73. The summed E-state index contributed by atoms with van der Waals surface area (Å²) in [5, 5.41) is 10.4. The number of rotatable bonds is 1. The summed E-state index contributed by atoms with van der Waals surface area (Å²) in [5.74, 6) is 0.870. The number of nitrogens with zero attached hydrogens (tertiary/aromatic N) is 4. The van der Waals surface area contributed by atoms with Crippen molar-refractivity contribution in [3.63, 3.8) is 0 Å². The fraction of sp³-hybridized carbons (Fsp3) is 0.333. The van der Waals surface area contributed by atoms with Crippen molar-refractivity contribution in [2.75, 3.05) is 13.1 Å². The first-order valence-electron chi connectivity index (χ1n) is 8.46. The van der Waals surface area contributed by atoms with Gasteiger partial charge in [0.1, 0.15) is 22.6 Å². The van der Waals surface area contributed by atoms with Crippen LogP contribution in [-0.4, -0.2) is 49.9 Å². The molecule has 0 radical (unpaired) electrons. The Morgan fingerprint density at radius 1 is 1.16 bits per heavy atom. The zero-order valence-electron chi connectivity index (χ0n) is 13.6. The number of aryl methyl sites for hydroxylation is 1. The normalized spacial score (nSPS) is 22.2. The van der Waals surface area contributed by atoms with E-state index in [-0.39, 0.29) is 11.5 Å². The summed E-state index contributed by atoms with van der Waals surface area (Å²) in [4.78, 5) is 19.0. The molecule has 1 unspecified atom stereocenters. The molecule has 0 saturated carbocycles. The summed E-state index contributed by atoms with van der Waals surface area (Å²) < 4.78 is 6.31. The quantitative estimate of drug-likeness (QED) is 0.735. The van der Waals surface area contributed by atoms with Crippen molar-refractivity contribution in [2.45, 2.75) is 24.9 Å². The van der Waals surface area contributed by atoms with Crippen LogP contribution in [0, 0.1) is 0 Å². The number of benzene rings is 1. The van der Waals surface area contributed by atoms with Gasteiger partial charge in [-0.1, -0.05) is 18.2 Å². The molecule has 1 aromatic carbocycles. The Balaban J connectivity index is 1.37. The summed E-state index contributed by atoms with van der Waals surface area (Å²) in [6, 6.07) is 11.6. The molecular weight excluding hydrogens is 318 g/mol. The van der Waals surface area contributed by atoms with Crippen LogP contribution in [0.15, 0.2) is 36.4 Å². The highest BCUT2D eigenvalue weighted by Gasteiger charge is 2.44. The topological polar surface area (TPSA) is 84.0 Å². The van der Waals surface area contributed by atoms with Gasteiger partial charge in [0.25, 0.3) is 5.91 Å². The average Bonchev–Trinajstić information content (AvgIpc) is 3.27. The van der Waals surface area contributed by atoms with E-state index < -0.39 is 0 Å². The van der Waals surface area contributed by atoms with Gasteiger partial charge in [0.05, 0.1) is 6.54 Å². The van der Waals surface area contributed by atoms with Gasteiger partial charge in [-0.15, -0.1) is 5.10 Å². The highest BCUT2D eigenvalue weighted by molar-refractivity contribution is 5.94. The number of aromatic amines is 1. The van der Waals surface area contributed by atoms with Crippen molar-refractivity contribution in [1.82, 2.24) is 25.3 Å². The number of hydrogen-bond donors (Lipinski definition) is 1. The summed E-state index contributed by atoms with van der Waals surface area (Å²) in [6.45, 7) is 1.28. The van der Waals surface area contributed by atoms with Crippen molar-refractivity contribution in [2.24, 2.45) is 0 Å². The van der Waals surface area contributed by atoms with Crippen LogP contribution in [0.2, 0.25) is 0 Å². The molecular formula is C18H17N5O2. The molecule has 0 bridgehead atoms. The van der Waals surface area contributed by atoms with Crippen LogP contribution < -0.4 is 4.74 Å². The van der Waals surface area contributed by atoms with Crippen LogP contribution in [-0.2, 0) is 6.42 Å². The van der Waals surface area contributed by atoms with E-state index in [0.29, 0.717) is 29.9 Å². The van der Waals surface area contributed by atoms with Gasteiger partial charge < -0.3 is 9.64 Å². The molecule has 0 aliphatic carbocycles. The lowest BCUT2D eigenvalue weighted by molar-refractivity contribution is 0.0483. The fourth-order valence-corrected chi connectivity index (χ4v) is 3.78. The van der Waals surface area contributed by atoms with Crippen LogP contribution in [0.4, 0.5) is 0 Å². The number of likely N-dealkylation sites (tertiary alicyclic amines) is 1. The monoisotopic (exact) mass is 335 g/mol. The molecule has 1 N–H and O–H groups in total. The molecule has 2 aliphatic heterocycles. The minimum atomic E-state index is -0.276. The molecule has 25 heavy (non-hydrogen) atoms. The van der Waals surface area contributed by atoms with Gasteiger partial charge in [-0.05, 0) is 36.6 Å². The number of carbonyl (C=O) groups excluding carboxylic acids is 1. The third-order valence-electron chi connectivity index (χ3n) is 5.15. The molecule has 7 nitrogen and oxygen atoms in total. The number of carbonyl (C=O) groups is 1. The maximum absolute atomic E-state index is 12.8. The standard InChI is InChI=1S/C18H17N5O2/c24-17(14-6-5-13-16(19-14)21-22-20-13)23-10-9-18(11-23)8-7-12-3-1-2-4-15(12)25-18/h1-6H,7-11H2,(H,19,20,21,22). The van der Waals surface area contributed by atoms with E-state index in [4.69, 9.17) is 4.74 Å². The molecule has 1 spiro atoms. The minimum absolute atomic E-state index is 0.0794. The Labute approximate surface area is 144 Å². The number of amides is 1. The molecule has 1 amide bonds. The fourth-order valence-electron chi connectivity index (χ4n) is 3.78. The van der Waals surface area contributed by atoms with E-state index in [1.165, 1.54) is 5.56 Å². The Hall–Kier alpha value is -2.96. The Kier molecular flexibility index (Phi) is 3.03. The lowest BCUT2D eigenvalue weighted by Gasteiger charge is -2.35. The van der Waals surface area contributed by atoms with E-state index in [0.717, 1.165) is 25.0 Å². The van der Waals surface area contributed by atoms with Gasteiger partial charge in [0.15, 0.2) is 0 Å². The first kappa shape index (κ1) is 14.4. The number of fused-ring (bicyclic) bond motifs is 2. The number of pyridine rings is 1. The van der Waals surface area contributed by atoms with E-state index in [1.807, 2.05) is 23.1 Å². The van der Waals surface area contributed by atoms with Crippen molar-refractivity contribution in [1.29, 1.82) is 0 Å². The SMILES string of the molecule is O=C(c1ccc2n[nH]nc2n1)N1CCC2(CCc3ccccc3O2)C1. The van der Waals surface area contributed by atoms with Crippen LogP contribution in [0.25, 0.3) is 11.2 Å². The third-order valence-corrected chi connectivity index (χ3v) is 5.15. The van der Waals surface area contributed by atoms with Gasteiger partial charge in [0.2, 0.25) is 5.65 Å². The van der Waals surface area contributed by atoms with E-state index in [2.05, 4.69) is 26.5 Å². The van der Waals surface area contributed by atoms with Gasteiger partial charge in [-0.3, -0.25) is 4.79 Å². The summed E-state index contributed by atoms with van der Waals surface area (Å²) in [6.07, 6.45) is 2.77. The van der Waals surface area contributed by atoms with Gasteiger partial charge in [-0.2, -0.15) is 10.3 Å². The van der Waals surface area contributed by atoms with Gasteiger partial charge in [0, 0.05) is 13.0 Å². The molecule has 1 saturated heterocycles. The molecule has 2 aromatic heterocycles. The van der Waals surface area contributed by atoms with Gasteiger partial charge >= 0.3 is 0 Å². The number of aromatic nitrogens is 4. The Bertz CT molecular complexity index is 969. The molecule has 126 valence electrons. The van der Waals surface area contributed by atoms with E-state index in [1.54, 1.807) is 12.1 Å². The summed E-state index contributed by atoms with van der Waals surface area (Å²) in [5.41, 5.74) is 2.48. The number of para-hydroxylation sites is 1. The van der Waals surface area contributed by atoms with Crippen molar-refractivity contribution < 1.29 is 9.53 Å². The highest BCUT2D eigenvalue weighted by Crippen LogP contribution is 2.38. The second kappa shape index (κ2) is 5.27. The molecule has 4 heterocycles. The Morgan fingerprint density at radius 3 is 3.04 bits per heavy atom. The molecule has 1 atom stereocenters. The van der Waals surface area contributed by atoms with Crippen LogP contribution in [0.1, 0.15) is 28.9 Å². The lowest BCUT2D eigenvalue weighted by Crippen LogP contribution is -2.43. The van der Waals surface area contributed by atoms with Gasteiger partial charge in [-0.25, -0.2) is 4.98 Å². The number of hydrogen-bond acceptors (Lipinski definition) is 5. The maximum Gasteiger partial charge on any atom is 0.272 e. The summed E-state index contributed by atoms with van der Waals surface area (Å²) in [7, 11) is 0. The molecule has 7 heteroatoms. The maximum atomic E-state index is 12.8. The number of ether oxygens (including phenoxy) is 1. The van der Waals surface area contributed by atoms with Crippen LogP contribution in [0.5, 0.6) is 5.75 Å². The van der Waals surface area contributed by atoms with Crippen molar-refractivity contribution in [3.05, 3.63) is 47.7 Å². The lowest BCUT2D eigenvalue weighted by atomic mass is 9.90. The van der Waals surface area contributed by atoms with E-state index >= 15 is 0 Å². The molecule has 5 rings (SSSR count). The largest absolute Gasteiger partial charge is 0.485 e. The molecule has 1 fully saturated rings. The summed E-state index contributed by atoms with van der Waals surface area (Å²) >= 11 is 0. The third kappa shape index (κ3) is 2.34. The predicted molar refractivity (Wildman–Crippen MR) is 90.3 cm³/mol. The van der Waals surface area contributed by atoms with E-state index in [9.17, 15) is 4.79 Å². The first-order valence-corrected chi connectivity index (χ1v) is 8.46. The van der Waals surface area contributed by atoms with Crippen molar-refractivity contribution >= 4 is 17.1 Å². The zero-order chi connectivity index (χ0) is 16.9. The highest BCUT2D eigenvalue weighted by atomic mass is 16.5. The molecule has 3 aromatic rings. The molecule has 2 aliphatic rings. The van der Waals surface area contributed by atoms with Crippen molar-refractivity contribution in [3.8, 4) is 5.75 Å². The smallest absolute Gasteiger partial charge is 0.272 e. The number of nitrogens with one attached hydrogen (secondary N) is 1. The predicted octanol–water partition coefficient (Wildman–Crippen LogP) is 1.96. The van der Waals surface area contributed by atoms with Crippen LogP contribution in [0.3, 0.4) is 0 Å². The Morgan fingerprint density at radius 2 is 2.08 bits per heavy atom. The zero-order valence-corrected chi connectivity index (χ0v) is 13.6. The van der Waals surface area contributed by atoms with Crippen LogP contribution >= 0.6 is 0 Å². The average molecular weight is 335 g/mol.